The van der Waals surface area contributed by atoms with Gasteiger partial charge in [-0.05, 0) is 18.8 Å². The molecule has 3 rings (SSSR count). The Hall–Kier alpha value is -1.73. The molecule has 1 saturated carbocycles. The summed E-state index contributed by atoms with van der Waals surface area (Å²) in [7, 11) is 0. The summed E-state index contributed by atoms with van der Waals surface area (Å²) in [6.45, 7) is 4.38. The van der Waals surface area contributed by atoms with E-state index in [1.54, 1.807) is 4.90 Å². The van der Waals surface area contributed by atoms with Gasteiger partial charge >= 0.3 is 6.03 Å². The quantitative estimate of drug-likeness (QED) is 0.922. The molecule has 1 aliphatic carbocycles. The van der Waals surface area contributed by atoms with Crippen molar-refractivity contribution in [3.63, 3.8) is 0 Å². The molecule has 2 atom stereocenters. The van der Waals surface area contributed by atoms with Gasteiger partial charge in [0.25, 0.3) is 6.43 Å². The second kappa shape index (κ2) is 6.05. The van der Waals surface area contributed by atoms with Crippen molar-refractivity contribution < 1.29 is 18.1 Å². The number of carbonyl (C=O) groups excluding carboxylic acids is 1. The van der Waals surface area contributed by atoms with Crippen LogP contribution in [-0.4, -0.2) is 47.1 Å². The largest absolute Gasteiger partial charge is 0.339 e. The summed E-state index contributed by atoms with van der Waals surface area (Å²) in [5.41, 5.74) is -0.317. The van der Waals surface area contributed by atoms with Crippen LogP contribution in [0.4, 0.5) is 13.6 Å². The highest BCUT2D eigenvalue weighted by molar-refractivity contribution is 5.75. The molecular formula is C15H22F2N4O2. The second-order valence-corrected chi connectivity index (χ2v) is 6.82. The molecule has 2 fully saturated rings. The lowest BCUT2D eigenvalue weighted by Crippen LogP contribution is -2.42. The van der Waals surface area contributed by atoms with Gasteiger partial charge in [-0.3, -0.25) is 0 Å². The van der Waals surface area contributed by atoms with Gasteiger partial charge in [-0.2, -0.15) is 4.98 Å². The van der Waals surface area contributed by atoms with Crippen LogP contribution in [0.2, 0.25) is 0 Å². The number of rotatable bonds is 4. The number of nitrogens with one attached hydrogen (secondary N) is 1. The minimum Gasteiger partial charge on any atom is -0.339 e. The third-order valence-corrected chi connectivity index (χ3v) is 4.95. The van der Waals surface area contributed by atoms with E-state index in [1.807, 2.05) is 13.8 Å². The number of amides is 2. The zero-order valence-electron chi connectivity index (χ0n) is 13.4. The van der Waals surface area contributed by atoms with E-state index in [1.165, 1.54) is 0 Å². The van der Waals surface area contributed by atoms with Crippen LogP contribution < -0.4 is 5.32 Å². The Balaban J connectivity index is 1.76. The van der Waals surface area contributed by atoms with Crippen LogP contribution in [0.5, 0.6) is 0 Å². The molecule has 1 aromatic rings. The number of likely N-dealkylation sites (tertiary alicyclic amines) is 1. The zero-order valence-corrected chi connectivity index (χ0v) is 13.4. The van der Waals surface area contributed by atoms with E-state index in [0.717, 1.165) is 19.3 Å². The predicted octanol–water partition coefficient (Wildman–Crippen LogP) is 2.52. The van der Waals surface area contributed by atoms with Gasteiger partial charge in [0.05, 0.1) is 12.0 Å². The maximum Gasteiger partial charge on any atom is 0.317 e. The van der Waals surface area contributed by atoms with E-state index < -0.39 is 19.0 Å². The van der Waals surface area contributed by atoms with Gasteiger partial charge in [-0.1, -0.05) is 25.4 Å². The molecule has 2 heterocycles. The normalized spacial score (nSPS) is 27.0. The van der Waals surface area contributed by atoms with Crippen LogP contribution in [0, 0.1) is 5.92 Å². The average molecular weight is 328 g/mol. The standard InChI is InChI=1S/C15H22F2N4O2/c1-9(2)12-19-13(23-20-12)15-5-3-4-10(15)7-21(8-15)14(22)18-6-11(16)17/h9-11H,3-8H2,1-2H3,(H,18,22)/t10-,15-/m0/s1. The summed E-state index contributed by atoms with van der Waals surface area (Å²) in [6.07, 6.45) is 0.379. The van der Waals surface area contributed by atoms with Crippen molar-refractivity contribution in [3.8, 4) is 0 Å². The molecule has 1 aromatic heterocycles. The fourth-order valence-electron chi connectivity index (χ4n) is 3.74. The Kier molecular flexibility index (Phi) is 4.25. The highest BCUT2D eigenvalue weighted by Crippen LogP contribution is 2.50. The number of urea groups is 1. The van der Waals surface area contributed by atoms with Crippen LogP contribution in [0.3, 0.4) is 0 Å². The maximum atomic E-state index is 12.3. The molecule has 0 spiro atoms. The third kappa shape index (κ3) is 2.90. The van der Waals surface area contributed by atoms with E-state index in [4.69, 9.17) is 4.52 Å². The molecule has 1 N–H and O–H groups in total. The number of aromatic nitrogens is 2. The smallest absolute Gasteiger partial charge is 0.317 e. The van der Waals surface area contributed by atoms with Crippen LogP contribution in [0.15, 0.2) is 4.52 Å². The first-order valence-corrected chi connectivity index (χ1v) is 8.07. The van der Waals surface area contributed by atoms with Crippen LogP contribution >= 0.6 is 0 Å². The van der Waals surface area contributed by atoms with Gasteiger partial charge in [-0.25, -0.2) is 13.6 Å². The summed E-state index contributed by atoms with van der Waals surface area (Å²) in [5.74, 6) is 1.68. The molecule has 0 bridgehead atoms. The van der Waals surface area contributed by atoms with Crippen molar-refractivity contribution in [2.45, 2.75) is 50.9 Å². The molecule has 128 valence electrons. The Morgan fingerprint density at radius 1 is 1.52 bits per heavy atom. The molecule has 2 aliphatic rings. The minimum absolute atomic E-state index is 0.176. The molecule has 0 unspecified atom stereocenters. The first-order chi connectivity index (χ1) is 10.9. The molecule has 0 aromatic carbocycles. The van der Waals surface area contributed by atoms with Crippen LogP contribution in [0.1, 0.15) is 50.7 Å². The number of carbonyl (C=O) groups is 1. The molecule has 8 heteroatoms. The van der Waals surface area contributed by atoms with Crippen LogP contribution in [0.25, 0.3) is 0 Å². The Morgan fingerprint density at radius 3 is 2.96 bits per heavy atom. The molecule has 1 saturated heterocycles. The summed E-state index contributed by atoms with van der Waals surface area (Å²) in [6, 6.07) is -0.442. The average Bonchev–Trinajstić information content (AvgIpc) is 3.16. The zero-order chi connectivity index (χ0) is 16.6. The summed E-state index contributed by atoms with van der Waals surface area (Å²) in [4.78, 5) is 18.2. The lowest BCUT2D eigenvalue weighted by Gasteiger charge is -2.24. The van der Waals surface area contributed by atoms with Gasteiger partial charge in [0, 0.05) is 19.0 Å². The Labute approximate surface area is 133 Å². The van der Waals surface area contributed by atoms with Crippen molar-refractivity contribution in [2.24, 2.45) is 5.92 Å². The molecule has 6 nitrogen and oxygen atoms in total. The highest BCUT2D eigenvalue weighted by atomic mass is 19.3. The summed E-state index contributed by atoms with van der Waals surface area (Å²) >= 11 is 0. The number of hydrogen-bond donors (Lipinski definition) is 1. The maximum absolute atomic E-state index is 12.3. The number of alkyl halides is 2. The monoisotopic (exact) mass is 328 g/mol. The molecular weight excluding hydrogens is 306 g/mol. The van der Waals surface area contributed by atoms with Gasteiger partial charge in [0.1, 0.15) is 0 Å². The molecule has 2 amide bonds. The van der Waals surface area contributed by atoms with Crippen molar-refractivity contribution >= 4 is 6.03 Å². The van der Waals surface area contributed by atoms with E-state index in [-0.39, 0.29) is 17.3 Å². The molecule has 0 radical (unpaired) electrons. The summed E-state index contributed by atoms with van der Waals surface area (Å²) < 4.78 is 30.0. The topological polar surface area (TPSA) is 71.3 Å². The third-order valence-electron chi connectivity index (χ3n) is 4.95. The van der Waals surface area contributed by atoms with Gasteiger partial charge in [-0.15, -0.1) is 0 Å². The van der Waals surface area contributed by atoms with Gasteiger partial charge < -0.3 is 14.7 Å². The van der Waals surface area contributed by atoms with E-state index in [0.29, 0.717) is 24.8 Å². The highest BCUT2D eigenvalue weighted by Gasteiger charge is 2.55. The number of fused-ring (bicyclic) bond motifs is 1. The second-order valence-electron chi connectivity index (χ2n) is 6.82. The number of halogens is 2. The van der Waals surface area contributed by atoms with E-state index in [2.05, 4.69) is 15.5 Å². The van der Waals surface area contributed by atoms with E-state index >= 15 is 0 Å². The first-order valence-electron chi connectivity index (χ1n) is 8.07. The predicted molar refractivity (Wildman–Crippen MR) is 78.4 cm³/mol. The lowest BCUT2D eigenvalue weighted by atomic mass is 9.80. The number of hydrogen-bond acceptors (Lipinski definition) is 4. The van der Waals surface area contributed by atoms with Crippen molar-refractivity contribution in [3.05, 3.63) is 11.7 Å². The number of nitrogens with zero attached hydrogens (tertiary/aromatic N) is 3. The molecule has 23 heavy (non-hydrogen) atoms. The summed E-state index contributed by atoms with van der Waals surface area (Å²) in [5, 5.41) is 6.32. The lowest BCUT2D eigenvalue weighted by molar-refractivity contribution is 0.140. The first kappa shape index (κ1) is 16.1. The minimum atomic E-state index is -2.54. The van der Waals surface area contributed by atoms with Crippen molar-refractivity contribution in [1.29, 1.82) is 0 Å². The van der Waals surface area contributed by atoms with Gasteiger partial charge in [0.2, 0.25) is 5.89 Å². The molecule has 1 aliphatic heterocycles. The Bertz CT molecular complexity index is 578. The van der Waals surface area contributed by atoms with Crippen molar-refractivity contribution in [1.82, 2.24) is 20.4 Å². The fraction of sp³-hybridized carbons (Fsp3) is 0.800. The Morgan fingerprint density at radius 2 is 2.30 bits per heavy atom. The van der Waals surface area contributed by atoms with Crippen molar-refractivity contribution in [2.75, 3.05) is 19.6 Å². The fourth-order valence-corrected chi connectivity index (χ4v) is 3.74. The van der Waals surface area contributed by atoms with Crippen LogP contribution in [-0.2, 0) is 5.41 Å². The SMILES string of the molecule is CC(C)c1noc([C@]23CCC[C@H]2CN(C(=O)NCC(F)F)C3)n1. The van der Waals surface area contributed by atoms with Gasteiger partial charge in [0.15, 0.2) is 5.82 Å². The van der Waals surface area contributed by atoms with E-state index in [9.17, 15) is 13.6 Å².